The van der Waals surface area contributed by atoms with Crippen molar-refractivity contribution in [1.29, 1.82) is 0 Å². The number of likely N-dealkylation sites (tertiary alicyclic amines) is 1. The number of amides is 2. The summed E-state index contributed by atoms with van der Waals surface area (Å²) in [5.41, 5.74) is 0.738. The van der Waals surface area contributed by atoms with Crippen LogP contribution in [0, 0.1) is 5.92 Å². The number of carbonyl (C=O) groups excluding carboxylic acids is 1. The predicted octanol–water partition coefficient (Wildman–Crippen LogP) is 2.55. The van der Waals surface area contributed by atoms with Crippen molar-refractivity contribution in [2.24, 2.45) is 5.92 Å². The minimum absolute atomic E-state index is 0.161. The second kappa shape index (κ2) is 7.31. The van der Waals surface area contributed by atoms with E-state index in [1.165, 1.54) is 0 Å². The van der Waals surface area contributed by atoms with Gasteiger partial charge in [0.05, 0.1) is 7.11 Å². The van der Waals surface area contributed by atoms with Crippen LogP contribution in [0.15, 0.2) is 24.3 Å². The third-order valence-corrected chi connectivity index (χ3v) is 3.93. The van der Waals surface area contributed by atoms with Crippen molar-refractivity contribution in [3.8, 4) is 5.75 Å². The first kappa shape index (κ1) is 15.6. The molecule has 0 aromatic heterocycles. The van der Waals surface area contributed by atoms with Gasteiger partial charge < -0.3 is 20.3 Å². The molecule has 1 saturated heterocycles. The zero-order chi connectivity index (χ0) is 15.2. The maximum Gasteiger partial charge on any atom is 0.319 e. The standard InChI is InChI=1S/C16H25N3O2/c1-12(2)19-8-7-13(11-19)10-17-16(20)18-14-5-4-6-15(9-14)21-3/h4-6,9,12-13H,7-8,10-11H2,1-3H3,(H2,17,18,20). The zero-order valence-electron chi connectivity index (χ0n) is 13.1. The maximum atomic E-state index is 11.9. The average Bonchev–Trinajstić information content (AvgIpc) is 2.94. The first-order valence-corrected chi connectivity index (χ1v) is 7.51. The molecule has 1 heterocycles. The van der Waals surface area contributed by atoms with Gasteiger partial charge in [-0.1, -0.05) is 6.07 Å². The largest absolute Gasteiger partial charge is 0.497 e. The highest BCUT2D eigenvalue weighted by Gasteiger charge is 2.24. The van der Waals surface area contributed by atoms with Gasteiger partial charge in [0.1, 0.15) is 5.75 Å². The van der Waals surface area contributed by atoms with Gasteiger partial charge in [0, 0.05) is 30.9 Å². The van der Waals surface area contributed by atoms with Crippen LogP contribution in [0.5, 0.6) is 5.75 Å². The number of hydrogen-bond donors (Lipinski definition) is 2. The van der Waals surface area contributed by atoms with Crippen molar-refractivity contribution in [1.82, 2.24) is 10.2 Å². The fourth-order valence-corrected chi connectivity index (χ4v) is 2.61. The van der Waals surface area contributed by atoms with Crippen molar-refractivity contribution in [3.05, 3.63) is 24.3 Å². The summed E-state index contributed by atoms with van der Waals surface area (Å²) in [5, 5.41) is 5.78. The third kappa shape index (κ3) is 4.63. The number of methoxy groups -OCH3 is 1. The van der Waals surface area contributed by atoms with Gasteiger partial charge >= 0.3 is 6.03 Å². The highest BCUT2D eigenvalue weighted by molar-refractivity contribution is 5.89. The van der Waals surface area contributed by atoms with E-state index in [0.29, 0.717) is 12.0 Å². The first-order chi connectivity index (χ1) is 10.1. The molecule has 1 unspecified atom stereocenters. The van der Waals surface area contributed by atoms with Gasteiger partial charge in [-0.15, -0.1) is 0 Å². The monoisotopic (exact) mass is 291 g/mol. The van der Waals surface area contributed by atoms with Gasteiger partial charge in [-0.2, -0.15) is 0 Å². The van der Waals surface area contributed by atoms with Crippen LogP contribution in [0.4, 0.5) is 10.5 Å². The molecule has 1 fully saturated rings. The molecule has 2 N–H and O–H groups in total. The normalized spacial score (nSPS) is 18.8. The lowest BCUT2D eigenvalue weighted by atomic mass is 10.1. The van der Waals surface area contributed by atoms with Gasteiger partial charge in [0.2, 0.25) is 0 Å². The Morgan fingerprint density at radius 2 is 2.29 bits per heavy atom. The van der Waals surface area contributed by atoms with Crippen molar-refractivity contribution in [2.75, 3.05) is 32.1 Å². The van der Waals surface area contributed by atoms with Crippen LogP contribution in [-0.2, 0) is 0 Å². The molecule has 1 aliphatic rings. The van der Waals surface area contributed by atoms with E-state index in [1.54, 1.807) is 13.2 Å². The Morgan fingerprint density at radius 3 is 2.95 bits per heavy atom. The lowest BCUT2D eigenvalue weighted by Crippen LogP contribution is -2.35. The number of nitrogens with one attached hydrogen (secondary N) is 2. The summed E-state index contributed by atoms with van der Waals surface area (Å²) in [6.45, 7) is 7.34. The molecule has 2 amide bonds. The molecular formula is C16H25N3O2. The Bertz CT molecular complexity index is 476. The van der Waals surface area contributed by atoms with Crippen molar-refractivity contribution in [3.63, 3.8) is 0 Å². The molecule has 5 nitrogen and oxygen atoms in total. The zero-order valence-corrected chi connectivity index (χ0v) is 13.1. The Labute approximate surface area is 126 Å². The van der Waals surface area contributed by atoms with E-state index in [0.717, 1.165) is 37.5 Å². The minimum Gasteiger partial charge on any atom is -0.497 e. The number of hydrogen-bond acceptors (Lipinski definition) is 3. The third-order valence-electron chi connectivity index (χ3n) is 3.93. The van der Waals surface area contributed by atoms with E-state index in [9.17, 15) is 4.79 Å². The molecule has 21 heavy (non-hydrogen) atoms. The molecule has 0 saturated carbocycles. The smallest absolute Gasteiger partial charge is 0.319 e. The van der Waals surface area contributed by atoms with E-state index in [4.69, 9.17) is 4.74 Å². The lowest BCUT2D eigenvalue weighted by Gasteiger charge is -2.20. The van der Waals surface area contributed by atoms with Crippen LogP contribution in [0.1, 0.15) is 20.3 Å². The van der Waals surface area contributed by atoms with Gasteiger partial charge in [0.15, 0.2) is 0 Å². The van der Waals surface area contributed by atoms with E-state index in [1.807, 2.05) is 18.2 Å². The van der Waals surface area contributed by atoms with Crippen molar-refractivity contribution >= 4 is 11.7 Å². The molecule has 0 aliphatic carbocycles. The SMILES string of the molecule is COc1cccc(NC(=O)NCC2CCN(C(C)C)C2)c1. The molecule has 1 aromatic carbocycles. The Morgan fingerprint density at radius 1 is 1.48 bits per heavy atom. The van der Waals surface area contributed by atoms with Crippen LogP contribution < -0.4 is 15.4 Å². The molecule has 0 bridgehead atoms. The Hall–Kier alpha value is -1.75. The highest BCUT2D eigenvalue weighted by atomic mass is 16.5. The van der Waals surface area contributed by atoms with Crippen LogP contribution >= 0.6 is 0 Å². The molecule has 0 spiro atoms. The highest BCUT2D eigenvalue weighted by Crippen LogP contribution is 2.18. The predicted molar refractivity (Wildman–Crippen MR) is 84.8 cm³/mol. The van der Waals surface area contributed by atoms with Gasteiger partial charge in [-0.3, -0.25) is 0 Å². The van der Waals surface area contributed by atoms with E-state index < -0.39 is 0 Å². The van der Waals surface area contributed by atoms with Gasteiger partial charge in [-0.25, -0.2) is 4.79 Å². The summed E-state index contributed by atoms with van der Waals surface area (Å²) in [7, 11) is 1.61. The molecule has 2 rings (SSSR count). The van der Waals surface area contributed by atoms with Crippen LogP contribution in [-0.4, -0.2) is 43.7 Å². The molecular weight excluding hydrogens is 266 g/mol. The minimum atomic E-state index is -0.161. The molecule has 0 radical (unpaired) electrons. The van der Waals surface area contributed by atoms with Crippen LogP contribution in [0.3, 0.4) is 0 Å². The molecule has 116 valence electrons. The number of ether oxygens (including phenoxy) is 1. The summed E-state index contributed by atoms with van der Waals surface area (Å²) >= 11 is 0. The van der Waals surface area contributed by atoms with Crippen LogP contribution in [0.25, 0.3) is 0 Å². The maximum absolute atomic E-state index is 11.9. The number of carbonyl (C=O) groups is 1. The van der Waals surface area contributed by atoms with Crippen molar-refractivity contribution in [2.45, 2.75) is 26.3 Å². The van der Waals surface area contributed by atoms with E-state index in [-0.39, 0.29) is 6.03 Å². The van der Waals surface area contributed by atoms with Gasteiger partial charge in [0.25, 0.3) is 0 Å². The molecule has 1 atom stereocenters. The summed E-state index contributed by atoms with van der Waals surface area (Å²) < 4.78 is 5.13. The molecule has 5 heteroatoms. The Kier molecular flexibility index (Phi) is 5.44. The fourth-order valence-electron chi connectivity index (χ4n) is 2.61. The number of urea groups is 1. The second-order valence-corrected chi connectivity index (χ2v) is 5.81. The average molecular weight is 291 g/mol. The van der Waals surface area contributed by atoms with Crippen molar-refractivity contribution < 1.29 is 9.53 Å². The second-order valence-electron chi connectivity index (χ2n) is 5.81. The number of anilines is 1. The summed E-state index contributed by atoms with van der Waals surface area (Å²) in [5.74, 6) is 1.28. The topological polar surface area (TPSA) is 53.6 Å². The Balaban J connectivity index is 1.75. The first-order valence-electron chi connectivity index (χ1n) is 7.51. The van der Waals surface area contributed by atoms with E-state index in [2.05, 4.69) is 29.4 Å². The molecule has 1 aliphatic heterocycles. The molecule has 1 aromatic rings. The van der Waals surface area contributed by atoms with E-state index >= 15 is 0 Å². The fraction of sp³-hybridized carbons (Fsp3) is 0.562. The lowest BCUT2D eigenvalue weighted by molar-refractivity contribution is 0.247. The number of benzene rings is 1. The summed E-state index contributed by atoms with van der Waals surface area (Å²) in [6.07, 6.45) is 1.15. The van der Waals surface area contributed by atoms with Gasteiger partial charge in [-0.05, 0) is 44.9 Å². The number of rotatable bonds is 5. The summed E-state index contributed by atoms with van der Waals surface area (Å²) in [4.78, 5) is 14.4. The van der Waals surface area contributed by atoms with Crippen LogP contribution in [0.2, 0.25) is 0 Å². The number of nitrogens with zero attached hydrogens (tertiary/aromatic N) is 1. The summed E-state index contributed by atoms with van der Waals surface area (Å²) in [6, 6.07) is 7.77. The quantitative estimate of drug-likeness (QED) is 0.876.